The minimum atomic E-state index is -0.493. The van der Waals surface area contributed by atoms with E-state index in [-0.39, 0.29) is 0 Å². The van der Waals surface area contributed by atoms with Gasteiger partial charge in [0.15, 0.2) is 0 Å². The summed E-state index contributed by atoms with van der Waals surface area (Å²) in [5, 5.41) is 3.36. The summed E-state index contributed by atoms with van der Waals surface area (Å²) in [6.45, 7) is 4.78. The van der Waals surface area contributed by atoms with Gasteiger partial charge in [0.05, 0.1) is 0 Å². The van der Waals surface area contributed by atoms with Crippen molar-refractivity contribution in [3.05, 3.63) is 35.4 Å². The van der Waals surface area contributed by atoms with Crippen molar-refractivity contribution in [2.75, 3.05) is 20.1 Å². The monoisotopic (exact) mass is 268 g/mol. The van der Waals surface area contributed by atoms with Crippen molar-refractivity contribution in [3.8, 4) is 0 Å². The third kappa shape index (κ3) is 3.74. The Morgan fingerprint density at radius 1 is 1.26 bits per heavy atom. The first-order chi connectivity index (χ1) is 9.12. The van der Waals surface area contributed by atoms with Crippen molar-refractivity contribution in [1.82, 2.24) is 10.2 Å². The van der Waals surface area contributed by atoms with Crippen LogP contribution in [-0.4, -0.2) is 31.1 Å². The molecular weight excluding hydrogens is 246 g/mol. The largest absolute Gasteiger partial charge is 0.317 e. The fraction of sp³-hybridized carbons (Fsp3) is 0.600. The molecule has 1 aromatic rings. The van der Waals surface area contributed by atoms with Crippen molar-refractivity contribution >= 4 is 0 Å². The molecule has 0 aromatic heterocycles. The van der Waals surface area contributed by atoms with Crippen LogP contribution in [0.1, 0.15) is 25.3 Å². The van der Waals surface area contributed by atoms with Gasteiger partial charge in [0.1, 0.15) is 11.6 Å². The van der Waals surface area contributed by atoms with E-state index in [4.69, 9.17) is 0 Å². The van der Waals surface area contributed by atoms with Crippen LogP contribution in [-0.2, 0) is 6.54 Å². The average Bonchev–Trinajstić information content (AvgIpc) is 2.37. The van der Waals surface area contributed by atoms with Crippen molar-refractivity contribution < 1.29 is 8.78 Å². The zero-order chi connectivity index (χ0) is 13.8. The second kappa shape index (κ2) is 6.44. The van der Waals surface area contributed by atoms with Crippen LogP contribution in [0.15, 0.2) is 18.2 Å². The molecule has 2 atom stereocenters. The molecule has 0 bridgehead atoms. The Morgan fingerprint density at radius 3 is 2.53 bits per heavy atom. The predicted molar refractivity (Wildman–Crippen MR) is 72.9 cm³/mol. The molecule has 0 spiro atoms. The highest BCUT2D eigenvalue weighted by Crippen LogP contribution is 2.22. The van der Waals surface area contributed by atoms with Gasteiger partial charge in [-0.3, -0.25) is 4.90 Å². The van der Waals surface area contributed by atoms with E-state index in [0.717, 1.165) is 37.6 Å². The van der Waals surface area contributed by atoms with Crippen LogP contribution < -0.4 is 5.32 Å². The van der Waals surface area contributed by atoms with Gasteiger partial charge in [-0.05, 0) is 43.6 Å². The van der Waals surface area contributed by atoms with E-state index in [9.17, 15) is 8.78 Å². The number of benzene rings is 1. The molecule has 106 valence electrons. The summed E-state index contributed by atoms with van der Waals surface area (Å²) >= 11 is 0. The second-order valence-corrected chi connectivity index (χ2v) is 5.36. The number of nitrogens with zero attached hydrogens (tertiary/aromatic N) is 1. The van der Waals surface area contributed by atoms with Gasteiger partial charge in [0.25, 0.3) is 0 Å². The number of piperidine rings is 1. The SMILES string of the molecule is CCC1CN(Cc2cc(F)cc(F)c2)CCC1NC. The maximum atomic E-state index is 13.2. The molecule has 0 radical (unpaired) electrons. The Labute approximate surface area is 113 Å². The quantitative estimate of drug-likeness (QED) is 0.903. The number of hydrogen-bond acceptors (Lipinski definition) is 2. The molecular formula is C15H22F2N2. The van der Waals surface area contributed by atoms with Gasteiger partial charge in [-0.25, -0.2) is 8.78 Å². The Hall–Kier alpha value is -1.00. The predicted octanol–water partition coefficient (Wildman–Crippen LogP) is 2.78. The van der Waals surface area contributed by atoms with Crippen LogP contribution in [0, 0.1) is 17.6 Å². The van der Waals surface area contributed by atoms with E-state index in [2.05, 4.69) is 17.1 Å². The van der Waals surface area contributed by atoms with E-state index in [1.807, 2.05) is 7.05 Å². The Bertz CT molecular complexity index is 402. The highest BCUT2D eigenvalue weighted by Gasteiger charge is 2.26. The summed E-state index contributed by atoms with van der Waals surface area (Å²) in [6, 6.07) is 4.33. The molecule has 2 nitrogen and oxygen atoms in total. The molecule has 19 heavy (non-hydrogen) atoms. The van der Waals surface area contributed by atoms with E-state index in [0.29, 0.717) is 18.5 Å². The molecule has 2 rings (SSSR count). The first kappa shape index (κ1) is 14.4. The average molecular weight is 268 g/mol. The maximum Gasteiger partial charge on any atom is 0.126 e. The van der Waals surface area contributed by atoms with Gasteiger partial charge in [-0.15, -0.1) is 0 Å². The number of hydrogen-bond donors (Lipinski definition) is 1. The summed E-state index contributed by atoms with van der Waals surface area (Å²) in [4.78, 5) is 2.29. The van der Waals surface area contributed by atoms with Crippen molar-refractivity contribution in [2.45, 2.75) is 32.4 Å². The smallest absolute Gasteiger partial charge is 0.126 e. The lowest BCUT2D eigenvalue weighted by Crippen LogP contribution is -2.47. The molecule has 2 unspecified atom stereocenters. The van der Waals surface area contributed by atoms with Crippen LogP contribution in [0.3, 0.4) is 0 Å². The summed E-state index contributed by atoms with van der Waals surface area (Å²) in [5.74, 6) is -0.378. The van der Waals surface area contributed by atoms with Gasteiger partial charge < -0.3 is 5.32 Å². The third-order valence-electron chi connectivity index (χ3n) is 4.04. The number of halogens is 2. The minimum absolute atomic E-state index is 0.493. The normalized spacial score (nSPS) is 24.6. The second-order valence-electron chi connectivity index (χ2n) is 5.36. The van der Waals surface area contributed by atoms with Crippen LogP contribution in [0.2, 0.25) is 0 Å². The van der Waals surface area contributed by atoms with Gasteiger partial charge >= 0.3 is 0 Å². The number of rotatable bonds is 4. The van der Waals surface area contributed by atoms with Crippen LogP contribution >= 0.6 is 0 Å². The first-order valence-electron chi connectivity index (χ1n) is 6.97. The van der Waals surface area contributed by atoms with Gasteiger partial charge in [-0.1, -0.05) is 13.3 Å². The molecule has 4 heteroatoms. The topological polar surface area (TPSA) is 15.3 Å². The summed E-state index contributed by atoms with van der Waals surface area (Å²) in [7, 11) is 2.00. The molecule has 1 aromatic carbocycles. The molecule has 0 aliphatic carbocycles. The number of likely N-dealkylation sites (tertiary alicyclic amines) is 1. The van der Waals surface area contributed by atoms with E-state index in [1.165, 1.54) is 12.1 Å². The van der Waals surface area contributed by atoms with Crippen LogP contribution in [0.25, 0.3) is 0 Å². The molecule has 1 saturated heterocycles. The van der Waals surface area contributed by atoms with Crippen molar-refractivity contribution in [3.63, 3.8) is 0 Å². The zero-order valence-electron chi connectivity index (χ0n) is 11.6. The minimum Gasteiger partial charge on any atom is -0.317 e. The molecule has 1 N–H and O–H groups in total. The standard InChI is InChI=1S/C15H22F2N2/c1-3-12-10-19(5-4-15(12)18-2)9-11-6-13(16)8-14(17)7-11/h6-8,12,15,18H,3-5,9-10H2,1-2H3. The third-order valence-corrected chi connectivity index (χ3v) is 4.04. The van der Waals surface area contributed by atoms with Gasteiger partial charge in [0, 0.05) is 25.2 Å². The zero-order valence-corrected chi connectivity index (χ0v) is 11.6. The number of nitrogens with one attached hydrogen (secondary N) is 1. The first-order valence-corrected chi connectivity index (χ1v) is 6.97. The lowest BCUT2D eigenvalue weighted by Gasteiger charge is -2.38. The Balaban J connectivity index is 2.00. The summed E-state index contributed by atoms with van der Waals surface area (Å²) in [6.07, 6.45) is 2.21. The molecule has 0 saturated carbocycles. The highest BCUT2D eigenvalue weighted by atomic mass is 19.1. The molecule has 1 aliphatic rings. The molecule has 0 amide bonds. The lowest BCUT2D eigenvalue weighted by atomic mass is 9.90. The van der Waals surface area contributed by atoms with Crippen LogP contribution in [0.4, 0.5) is 8.78 Å². The highest BCUT2D eigenvalue weighted by molar-refractivity contribution is 5.17. The van der Waals surface area contributed by atoms with E-state index < -0.39 is 11.6 Å². The van der Waals surface area contributed by atoms with Crippen molar-refractivity contribution in [2.24, 2.45) is 5.92 Å². The maximum absolute atomic E-state index is 13.2. The van der Waals surface area contributed by atoms with Gasteiger partial charge in [0.2, 0.25) is 0 Å². The van der Waals surface area contributed by atoms with Crippen LogP contribution in [0.5, 0.6) is 0 Å². The fourth-order valence-electron chi connectivity index (χ4n) is 3.01. The van der Waals surface area contributed by atoms with E-state index in [1.54, 1.807) is 0 Å². The molecule has 1 fully saturated rings. The molecule has 1 heterocycles. The van der Waals surface area contributed by atoms with Gasteiger partial charge in [-0.2, -0.15) is 0 Å². The Kier molecular flexibility index (Phi) is 4.88. The van der Waals surface area contributed by atoms with Crippen molar-refractivity contribution in [1.29, 1.82) is 0 Å². The van der Waals surface area contributed by atoms with E-state index >= 15 is 0 Å². The Morgan fingerprint density at radius 2 is 1.95 bits per heavy atom. The lowest BCUT2D eigenvalue weighted by molar-refractivity contribution is 0.132. The summed E-state index contributed by atoms with van der Waals surface area (Å²) in [5.41, 5.74) is 0.718. The molecule has 1 aliphatic heterocycles. The fourth-order valence-corrected chi connectivity index (χ4v) is 3.01. The summed E-state index contributed by atoms with van der Waals surface area (Å²) < 4.78 is 26.3.